The lowest BCUT2D eigenvalue weighted by molar-refractivity contribution is 0.473. The fourth-order valence-electron chi connectivity index (χ4n) is 0.772. The molecule has 0 aromatic heterocycles. The summed E-state index contributed by atoms with van der Waals surface area (Å²) in [4.78, 5) is 0. The number of rotatable bonds is 5. The maximum Gasteiger partial charge on any atom is -0.000957 e. The first-order valence-corrected chi connectivity index (χ1v) is 5.98. The van der Waals surface area contributed by atoms with E-state index in [2.05, 4.69) is 40.3 Å². The summed E-state index contributed by atoms with van der Waals surface area (Å²) in [6, 6.07) is 0. The van der Waals surface area contributed by atoms with Crippen LogP contribution in [0.3, 0.4) is 0 Å². The molecule has 68 valence electrons. The van der Waals surface area contributed by atoms with Crippen molar-refractivity contribution in [2.45, 2.75) is 32.9 Å². The van der Waals surface area contributed by atoms with Crippen LogP contribution in [-0.2, 0) is 0 Å². The minimum absolute atomic E-state index is 0.760. The molecule has 1 atom stereocenters. The van der Waals surface area contributed by atoms with Crippen molar-refractivity contribution in [2.75, 3.05) is 11.5 Å². The average molecular weight is 192 g/mol. The quantitative estimate of drug-likeness (QED) is 0.652. The summed E-state index contributed by atoms with van der Waals surface area (Å²) >= 11 is 6.39. The summed E-state index contributed by atoms with van der Waals surface area (Å²) in [6.07, 6.45) is 0. The predicted octanol–water partition coefficient (Wildman–Crippen LogP) is 3.33. The second kappa shape index (κ2) is 6.24. The zero-order valence-electron chi connectivity index (χ0n) is 8.00. The molecule has 11 heavy (non-hydrogen) atoms. The first kappa shape index (κ1) is 11.7. The van der Waals surface area contributed by atoms with E-state index < -0.39 is 0 Å². The van der Waals surface area contributed by atoms with Gasteiger partial charge in [-0.3, -0.25) is 0 Å². The fraction of sp³-hybridized carbons (Fsp3) is 1.00. The number of hydrogen-bond acceptors (Lipinski definition) is 2. The Morgan fingerprint density at radius 3 is 2.00 bits per heavy atom. The Hall–Kier alpha value is 0.700. The monoisotopic (exact) mass is 192 g/mol. The predicted molar refractivity (Wildman–Crippen MR) is 59.8 cm³/mol. The lowest BCUT2D eigenvalue weighted by Crippen LogP contribution is -2.14. The van der Waals surface area contributed by atoms with E-state index in [1.165, 1.54) is 5.75 Å². The highest BCUT2D eigenvalue weighted by Gasteiger charge is 2.11. The standard InChI is InChI=1S/C9H20S2/c1-7(2)9(5-10)6-11-8(3)4/h7-10H,5-6H2,1-4H3. The lowest BCUT2D eigenvalue weighted by Gasteiger charge is -2.18. The molecule has 0 nitrogen and oxygen atoms in total. The molecule has 0 aromatic rings. The van der Waals surface area contributed by atoms with E-state index >= 15 is 0 Å². The highest BCUT2D eigenvalue weighted by Crippen LogP contribution is 2.21. The van der Waals surface area contributed by atoms with Crippen molar-refractivity contribution < 1.29 is 0 Å². The van der Waals surface area contributed by atoms with E-state index in [0.29, 0.717) is 0 Å². The Bertz CT molecular complexity index is 89.6. The summed E-state index contributed by atoms with van der Waals surface area (Å²) in [5.41, 5.74) is 0. The molecule has 0 saturated carbocycles. The van der Waals surface area contributed by atoms with E-state index in [1.54, 1.807) is 0 Å². The third-order valence-corrected chi connectivity index (χ3v) is 3.58. The van der Waals surface area contributed by atoms with Crippen molar-refractivity contribution in [1.82, 2.24) is 0 Å². The minimum atomic E-state index is 0.760. The molecule has 2 heteroatoms. The van der Waals surface area contributed by atoms with Gasteiger partial charge in [-0.25, -0.2) is 0 Å². The van der Waals surface area contributed by atoms with Crippen LogP contribution in [0.5, 0.6) is 0 Å². The number of thioether (sulfide) groups is 1. The number of thiol groups is 1. The van der Waals surface area contributed by atoms with Gasteiger partial charge >= 0.3 is 0 Å². The van der Waals surface area contributed by atoms with Crippen LogP contribution in [0, 0.1) is 11.8 Å². The highest BCUT2D eigenvalue weighted by atomic mass is 32.2. The largest absolute Gasteiger partial charge is 0.179 e. The van der Waals surface area contributed by atoms with Crippen LogP contribution in [0.1, 0.15) is 27.7 Å². The van der Waals surface area contributed by atoms with Gasteiger partial charge in [-0.15, -0.1) is 0 Å². The Labute approximate surface area is 80.9 Å². The van der Waals surface area contributed by atoms with Gasteiger partial charge in [0.2, 0.25) is 0 Å². The number of hydrogen-bond donors (Lipinski definition) is 1. The molecule has 0 aliphatic carbocycles. The third-order valence-electron chi connectivity index (χ3n) is 1.82. The molecule has 0 rings (SSSR count). The fourth-order valence-corrected chi connectivity index (χ4v) is 2.63. The molecule has 0 bridgehead atoms. The maximum atomic E-state index is 4.34. The molecular formula is C9H20S2. The summed E-state index contributed by atoms with van der Waals surface area (Å²) in [5, 5.41) is 0.760. The molecule has 0 aromatic carbocycles. The van der Waals surface area contributed by atoms with Crippen LogP contribution in [-0.4, -0.2) is 16.8 Å². The van der Waals surface area contributed by atoms with Gasteiger partial charge in [0, 0.05) is 0 Å². The highest BCUT2D eigenvalue weighted by molar-refractivity contribution is 7.99. The van der Waals surface area contributed by atoms with E-state index in [9.17, 15) is 0 Å². The second-order valence-corrected chi connectivity index (χ2v) is 5.54. The molecule has 0 aliphatic heterocycles. The zero-order chi connectivity index (χ0) is 8.85. The van der Waals surface area contributed by atoms with Crippen LogP contribution in [0.2, 0.25) is 0 Å². The molecule has 0 amide bonds. The van der Waals surface area contributed by atoms with Crippen molar-refractivity contribution in [1.29, 1.82) is 0 Å². The maximum absolute atomic E-state index is 4.34. The zero-order valence-corrected chi connectivity index (χ0v) is 9.71. The van der Waals surface area contributed by atoms with Crippen molar-refractivity contribution in [3.8, 4) is 0 Å². The van der Waals surface area contributed by atoms with Gasteiger partial charge < -0.3 is 0 Å². The molecule has 0 N–H and O–H groups in total. The van der Waals surface area contributed by atoms with Crippen LogP contribution < -0.4 is 0 Å². The average Bonchev–Trinajstić information content (AvgIpc) is 1.87. The molecule has 1 unspecified atom stereocenters. The van der Waals surface area contributed by atoms with E-state index in [0.717, 1.165) is 22.8 Å². The molecule has 0 heterocycles. The van der Waals surface area contributed by atoms with Crippen LogP contribution >= 0.6 is 24.4 Å². The summed E-state index contributed by atoms with van der Waals surface area (Å²) < 4.78 is 0. The van der Waals surface area contributed by atoms with Gasteiger partial charge in [-0.1, -0.05) is 27.7 Å². The topological polar surface area (TPSA) is 0 Å². The summed E-state index contributed by atoms with van der Waals surface area (Å²) in [6.45, 7) is 9.06. The molecule has 0 fully saturated rings. The van der Waals surface area contributed by atoms with E-state index in [1.807, 2.05) is 11.8 Å². The van der Waals surface area contributed by atoms with Gasteiger partial charge in [0.05, 0.1) is 0 Å². The second-order valence-electron chi connectivity index (χ2n) is 3.57. The third kappa shape index (κ3) is 5.92. The smallest absolute Gasteiger partial charge is 0.000957 e. The normalized spacial score (nSPS) is 14.5. The van der Waals surface area contributed by atoms with Gasteiger partial charge in [-0.05, 0) is 28.6 Å². The van der Waals surface area contributed by atoms with E-state index in [-0.39, 0.29) is 0 Å². The Balaban J connectivity index is 3.52. The van der Waals surface area contributed by atoms with Gasteiger partial charge in [0.15, 0.2) is 0 Å². The molecule has 0 radical (unpaired) electrons. The van der Waals surface area contributed by atoms with Crippen molar-refractivity contribution in [3.63, 3.8) is 0 Å². The summed E-state index contributed by atoms with van der Waals surface area (Å²) in [7, 11) is 0. The van der Waals surface area contributed by atoms with Gasteiger partial charge in [0.25, 0.3) is 0 Å². The van der Waals surface area contributed by atoms with E-state index in [4.69, 9.17) is 0 Å². The van der Waals surface area contributed by atoms with Gasteiger partial charge in [-0.2, -0.15) is 24.4 Å². The van der Waals surface area contributed by atoms with Crippen molar-refractivity contribution in [2.24, 2.45) is 11.8 Å². The first-order valence-electron chi connectivity index (χ1n) is 4.30. The minimum Gasteiger partial charge on any atom is -0.179 e. The van der Waals surface area contributed by atoms with Crippen molar-refractivity contribution >= 4 is 24.4 Å². The summed E-state index contributed by atoms with van der Waals surface area (Å²) in [5.74, 6) is 3.85. The molecule has 0 saturated heterocycles. The molecule has 0 aliphatic rings. The first-order chi connectivity index (χ1) is 5.07. The Morgan fingerprint density at radius 1 is 1.18 bits per heavy atom. The lowest BCUT2D eigenvalue weighted by atomic mass is 10.0. The molecule has 0 spiro atoms. The van der Waals surface area contributed by atoms with Crippen LogP contribution in [0.25, 0.3) is 0 Å². The SMILES string of the molecule is CC(C)SCC(CS)C(C)C. The van der Waals surface area contributed by atoms with Crippen molar-refractivity contribution in [3.05, 3.63) is 0 Å². The van der Waals surface area contributed by atoms with Crippen LogP contribution in [0.4, 0.5) is 0 Å². The van der Waals surface area contributed by atoms with Gasteiger partial charge in [0.1, 0.15) is 0 Å². The Kier molecular flexibility index (Phi) is 6.64. The Morgan fingerprint density at radius 2 is 1.73 bits per heavy atom. The van der Waals surface area contributed by atoms with Crippen LogP contribution in [0.15, 0.2) is 0 Å². The molecular weight excluding hydrogens is 172 g/mol.